The molecular formula is C28H33N7O3. The van der Waals surface area contributed by atoms with E-state index in [2.05, 4.69) is 25.5 Å². The van der Waals surface area contributed by atoms with Gasteiger partial charge in [-0.2, -0.15) is 4.98 Å². The molecule has 0 radical (unpaired) electrons. The fourth-order valence-corrected chi connectivity index (χ4v) is 4.58. The van der Waals surface area contributed by atoms with Crippen LogP contribution in [-0.2, 0) is 6.54 Å². The molecule has 2 aromatic heterocycles. The van der Waals surface area contributed by atoms with Crippen molar-refractivity contribution in [2.24, 2.45) is 0 Å². The van der Waals surface area contributed by atoms with Crippen LogP contribution in [0.3, 0.4) is 0 Å². The molecule has 4 aromatic rings. The number of para-hydroxylation sites is 1. The van der Waals surface area contributed by atoms with E-state index in [1.54, 1.807) is 6.20 Å². The number of hydrogen-bond acceptors (Lipinski definition) is 9. The van der Waals surface area contributed by atoms with Gasteiger partial charge in [-0.25, -0.2) is 4.98 Å². The molecule has 0 bridgehead atoms. The third-order valence-electron chi connectivity index (χ3n) is 6.52. The molecule has 0 unspecified atom stereocenters. The standard InChI is InChI=1S/C28H33N7O3/c1-19-5-4-6-23-25(19)29-11-12-34(23)24-17-20-18-30-28(32-26(20)35(13-15-36)27(24)37)31-21-7-9-22(10-8-21)38-16-14-33(2)3/h4-10,17-18,29,36H,11-16H2,1-3H3,(H,30,31,32). The van der Waals surface area contributed by atoms with Gasteiger partial charge in [0.05, 0.1) is 24.5 Å². The smallest absolute Gasteiger partial charge is 0.276 e. The largest absolute Gasteiger partial charge is 0.492 e. The molecule has 3 N–H and O–H groups in total. The monoisotopic (exact) mass is 515 g/mol. The summed E-state index contributed by atoms with van der Waals surface area (Å²) in [5, 5.41) is 17.1. The highest BCUT2D eigenvalue weighted by molar-refractivity contribution is 5.85. The molecule has 0 fully saturated rings. The van der Waals surface area contributed by atoms with Crippen molar-refractivity contribution in [1.29, 1.82) is 0 Å². The van der Waals surface area contributed by atoms with Crippen molar-refractivity contribution in [2.45, 2.75) is 13.5 Å². The van der Waals surface area contributed by atoms with E-state index in [1.165, 1.54) is 4.57 Å². The van der Waals surface area contributed by atoms with Gasteiger partial charge in [-0.05, 0) is 63.0 Å². The van der Waals surface area contributed by atoms with Crippen molar-refractivity contribution in [3.63, 3.8) is 0 Å². The minimum Gasteiger partial charge on any atom is -0.492 e. The summed E-state index contributed by atoms with van der Waals surface area (Å²) in [7, 11) is 4.01. The van der Waals surface area contributed by atoms with Gasteiger partial charge >= 0.3 is 0 Å². The molecule has 1 aliphatic heterocycles. The zero-order valence-electron chi connectivity index (χ0n) is 21.9. The van der Waals surface area contributed by atoms with E-state index in [1.807, 2.05) is 74.4 Å². The number of pyridine rings is 1. The Balaban J connectivity index is 1.45. The number of fused-ring (bicyclic) bond motifs is 2. The lowest BCUT2D eigenvalue weighted by molar-refractivity contribution is 0.261. The molecule has 10 nitrogen and oxygen atoms in total. The first-order chi connectivity index (χ1) is 18.4. The quantitative estimate of drug-likeness (QED) is 0.309. The van der Waals surface area contributed by atoms with Gasteiger partial charge in [-0.15, -0.1) is 0 Å². The number of aromatic nitrogens is 3. The predicted molar refractivity (Wildman–Crippen MR) is 151 cm³/mol. The molecule has 0 atom stereocenters. The Bertz CT molecular complexity index is 1480. The van der Waals surface area contributed by atoms with Crippen LogP contribution in [0.25, 0.3) is 11.0 Å². The predicted octanol–water partition coefficient (Wildman–Crippen LogP) is 3.34. The number of aryl methyl sites for hydroxylation is 1. The Morgan fingerprint density at radius 3 is 2.74 bits per heavy atom. The maximum atomic E-state index is 13.7. The Morgan fingerprint density at radius 1 is 1.16 bits per heavy atom. The first kappa shape index (κ1) is 25.5. The number of anilines is 5. The van der Waals surface area contributed by atoms with Crippen molar-refractivity contribution < 1.29 is 9.84 Å². The summed E-state index contributed by atoms with van der Waals surface area (Å²) in [6, 6.07) is 15.5. The zero-order chi connectivity index (χ0) is 26.6. The molecule has 0 spiro atoms. The second-order valence-corrected chi connectivity index (χ2v) is 9.53. The lowest BCUT2D eigenvalue weighted by Gasteiger charge is -2.33. The summed E-state index contributed by atoms with van der Waals surface area (Å²) in [6.07, 6.45) is 1.71. The van der Waals surface area contributed by atoms with E-state index in [9.17, 15) is 9.90 Å². The molecule has 0 saturated heterocycles. The van der Waals surface area contributed by atoms with E-state index in [0.717, 1.165) is 40.3 Å². The van der Waals surface area contributed by atoms with Gasteiger partial charge in [-0.1, -0.05) is 12.1 Å². The number of aliphatic hydroxyl groups excluding tert-OH is 1. The summed E-state index contributed by atoms with van der Waals surface area (Å²) in [4.78, 5) is 26.9. The summed E-state index contributed by atoms with van der Waals surface area (Å²) in [5.74, 6) is 1.14. The van der Waals surface area contributed by atoms with Crippen LogP contribution in [-0.4, -0.2) is 71.5 Å². The van der Waals surface area contributed by atoms with Crippen LogP contribution in [0.4, 0.5) is 28.7 Å². The number of likely N-dealkylation sites (N-methyl/N-ethyl adjacent to an activating group) is 1. The molecule has 1 aliphatic rings. The summed E-state index contributed by atoms with van der Waals surface area (Å²) < 4.78 is 7.28. The van der Waals surface area contributed by atoms with Crippen molar-refractivity contribution in [3.05, 3.63) is 70.6 Å². The van der Waals surface area contributed by atoms with Gasteiger partial charge in [0, 0.05) is 36.9 Å². The Morgan fingerprint density at radius 2 is 1.97 bits per heavy atom. The second-order valence-electron chi connectivity index (χ2n) is 9.53. The Labute approximate surface area is 221 Å². The van der Waals surface area contributed by atoms with Gasteiger partial charge in [0.25, 0.3) is 5.56 Å². The fourth-order valence-electron chi connectivity index (χ4n) is 4.58. The van der Waals surface area contributed by atoms with Crippen molar-refractivity contribution in [2.75, 3.05) is 62.5 Å². The van der Waals surface area contributed by atoms with Crippen LogP contribution < -0.4 is 25.8 Å². The third-order valence-corrected chi connectivity index (χ3v) is 6.52. The number of benzene rings is 2. The molecule has 198 valence electrons. The normalized spacial score (nSPS) is 12.9. The third kappa shape index (κ3) is 5.27. The molecular weight excluding hydrogens is 482 g/mol. The van der Waals surface area contributed by atoms with Gasteiger partial charge < -0.3 is 30.3 Å². The van der Waals surface area contributed by atoms with E-state index in [4.69, 9.17) is 4.74 Å². The van der Waals surface area contributed by atoms with Gasteiger partial charge in [0.2, 0.25) is 5.95 Å². The van der Waals surface area contributed by atoms with Crippen LogP contribution in [0.1, 0.15) is 5.56 Å². The number of aliphatic hydroxyl groups is 1. The fraction of sp³-hybridized carbons (Fsp3) is 0.321. The molecule has 0 aliphatic carbocycles. The molecule has 10 heteroatoms. The maximum Gasteiger partial charge on any atom is 0.276 e. The highest BCUT2D eigenvalue weighted by atomic mass is 16.5. The number of hydrogen-bond donors (Lipinski definition) is 3. The van der Waals surface area contributed by atoms with Crippen molar-refractivity contribution >= 4 is 39.7 Å². The number of rotatable bonds is 9. The summed E-state index contributed by atoms with van der Waals surface area (Å²) in [6.45, 7) is 4.80. The minimum absolute atomic E-state index is 0.130. The molecule has 5 rings (SSSR count). The maximum absolute atomic E-state index is 13.7. The lowest BCUT2D eigenvalue weighted by Crippen LogP contribution is -2.36. The molecule has 3 heterocycles. The second kappa shape index (κ2) is 11.1. The summed E-state index contributed by atoms with van der Waals surface area (Å²) in [5.41, 5.74) is 4.70. The first-order valence-corrected chi connectivity index (χ1v) is 12.7. The van der Waals surface area contributed by atoms with E-state index < -0.39 is 0 Å². The van der Waals surface area contributed by atoms with E-state index >= 15 is 0 Å². The van der Waals surface area contributed by atoms with Crippen LogP contribution in [0.5, 0.6) is 5.75 Å². The first-order valence-electron chi connectivity index (χ1n) is 12.7. The highest BCUT2D eigenvalue weighted by Gasteiger charge is 2.23. The van der Waals surface area contributed by atoms with Crippen molar-refractivity contribution in [3.8, 4) is 5.75 Å². The Hall–Kier alpha value is -4.15. The van der Waals surface area contributed by atoms with E-state index in [0.29, 0.717) is 37.0 Å². The number of nitrogens with one attached hydrogen (secondary N) is 2. The SMILES string of the molecule is Cc1cccc2c1NCCN2c1cc2cnc(Nc3ccc(OCCN(C)C)cc3)nc2n(CCO)c1=O. The minimum atomic E-state index is -0.204. The van der Waals surface area contributed by atoms with Crippen LogP contribution in [0.15, 0.2) is 59.5 Å². The average Bonchev–Trinajstić information content (AvgIpc) is 2.91. The van der Waals surface area contributed by atoms with Crippen LogP contribution >= 0.6 is 0 Å². The van der Waals surface area contributed by atoms with Crippen LogP contribution in [0, 0.1) is 6.92 Å². The lowest BCUT2D eigenvalue weighted by atomic mass is 10.1. The van der Waals surface area contributed by atoms with Crippen LogP contribution in [0.2, 0.25) is 0 Å². The van der Waals surface area contributed by atoms with Gasteiger partial charge in [0.1, 0.15) is 23.7 Å². The highest BCUT2D eigenvalue weighted by Crippen LogP contribution is 2.36. The van der Waals surface area contributed by atoms with Crippen molar-refractivity contribution in [1.82, 2.24) is 19.4 Å². The number of nitrogens with zero attached hydrogens (tertiary/aromatic N) is 5. The van der Waals surface area contributed by atoms with E-state index in [-0.39, 0.29) is 18.7 Å². The van der Waals surface area contributed by atoms with Gasteiger partial charge in [-0.3, -0.25) is 9.36 Å². The summed E-state index contributed by atoms with van der Waals surface area (Å²) >= 11 is 0. The topological polar surface area (TPSA) is 108 Å². The zero-order valence-corrected chi connectivity index (χ0v) is 21.9. The molecule has 0 amide bonds. The molecule has 38 heavy (non-hydrogen) atoms. The molecule has 2 aromatic carbocycles. The van der Waals surface area contributed by atoms with Gasteiger partial charge in [0.15, 0.2) is 0 Å². The molecule has 0 saturated carbocycles. The number of ether oxygens (including phenoxy) is 1. The average molecular weight is 516 g/mol. The Kier molecular flexibility index (Phi) is 7.43.